The quantitative estimate of drug-likeness (QED) is 0.811. The first-order valence-electron chi connectivity index (χ1n) is 6.54. The summed E-state index contributed by atoms with van der Waals surface area (Å²) >= 11 is 0. The van der Waals surface area contributed by atoms with Crippen LogP contribution in [0.1, 0.15) is 18.4 Å². The summed E-state index contributed by atoms with van der Waals surface area (Å²) in [5.41, 5.74) is 7.94. The first-order valence-corrected chi connectivity index (χ1v) is 6.54. The maximum atomic E-state index is 5.62. The minimum Gasteiger partial charge on any atom is -0.486 e. The fourth-order valence-corrected chi connectivity index (χ4v) is 2.20. The molecular weight excluding hydrogens is 228 g/mol. The third-order valence-corrected chi connectivity index (χ3v) is 3.22. The van der Waals surface area contributed by atoms with Crippen LogP contribution in [-0.2, 0) is 0 Å². The zero-order chi connectivity index (χ0) is 13.0. The van der Waals surface area contributed by atoms with Crippen LogP contribution in [0.5, 0.6) is 11.5 Å². The number of ether oxygens (including phenoxy) is 2. The van der Waals surface area contributed by atoms with Crippen molar-refractivity contribution in [3.05, 3.63) is 17.7 Å². The Kier molecular flexibility index (Phi) is 4.31. The van der Waals surface area contributed by atoms with Crippen LogP contribution in [0.4, 0.5) is 5.69 Å². The lowest BCUT2D eigenvalue weighted by Gasteiger charge is -2.25. The molecule has 1 aliphatic rings. The summed E-state index contributed by atoms with van der Waals surface area (Å²) in [6.07, 6.45) is 2.18. The Hall–Kier alpha value is -1.42. The van der Waals surface area contributed by atoms with Crippen LogP contribution in [0.25, 0.3) is 0 Å². The van der Waals surface area contributed by atoms with Gasteiger partial charge >= 0.3 is 0 Å². The standard InChI is InChI=1S/C14H22N2O2/c1-11-9-13-14(18-8-7-17-13)10-12(11)16(2)6-4-3-5-15/h9-10H,3-8,15H2,1-2H3. The molecule has 18 heavy (non-hydrogen) atoms. The van der Waals surface area contributed by atoms with E-state index in [0.29, 0.717) is 13.2 Å². The van der Waals surface area contributed by atoms with Crippen LogP contribution >= 0.6 is 0 Å². The molecule has 0 aliphatic carbocycles. The molecule has 1 aromatic carbocycles. The van der Waals surface area contributed by atoms with Crippen LogP contribution in [0.2, 0.25) is 0 Å². The molecular formula is C14H22N2O2. The monoisotopic (exact) mass is 250 g/mol. The predicted octanol–water partition coefficient (Wildman–Crippen LogP) is 1.94. The maximum Gasteiger partial charge on any atom is 0.163 e. The summed E-state index contributed by atoms with van der Waals surface area (Å²) in [5.74, 6) is 1.71. The Morgan fingerprint density at radius 2 is 1.83 bits per heavy atom. The normalized spacial score (nSPS) is 13.5. The van der Waals surface area contributed by atoms with Gasteiger partial charge < -0.3 is 20.1 Å². The zero-order valence-corrected chi connectivity index (χ0v) is 11.2. The van der Waals surface area contributed by atoms with E-state index < -0.39 is 0 Å². The molecule has 1 aromatic rings. The fourth-order valence-electron chi connectivity index (χ4n) is 2.20. The number of nitrogens with two attached hydrogens (primary N) is 1. The van der Waals surface area contributed by atoms with Gasteiger partial charge in [0.15, 0.2) is 11.5 Å². The largest absolute Gasteiger partial charge is 0.486 e. The summed E-state index contributed by atoms with van der Waals surface area (Å²) < 4.78 is 11.2. The second kappa shape index (κ2) is 5.96. The lowest BCUT2D eigenvalue weighted by molar-refractivity contribution is 0.171. The van der Waals surface area contributed by atoms with Gasteiger partial charge in [0, 0.05) is 25.3 Å². The van der Waals surface area contributed by atoms with Crippen LogP contribution in [0.3, 0.4) is 0 Å². The highest BCUT2D eigenvalue weighted by molar-refractivity contribution is 5.61. The van der Waals surface area contributed by atoms with Crippen LogP contribution < -0.4 is 20.1 Å². The molecule has 1 aliphatic heterocycles. The molecule has 0 spiro atoms. The Bertz CT molecular complexity index is 407. The summed E-state index contributed by atoms with van der Waals surface area (Å²) in [6.45, 7) is 5.14. The molecule has 4 nitrogen and oxygen atoms in total. The van der Waals surface area contributed by atoms with Crippen LogP contribution in [0, 0.1) is 6.92 Å². The van der Waals surface area contributed by atoms with E-state index >= 15 is 0 Å². The van der Waals surface area contributed by atoms with Crippen molar-refractivity contribution in [2.45, 2.75) is 19.8 Å². The first kappa shape index (κ1) is 13.0. The number of anilines is 1. The summed E-state index contributed by atoms with van der Waals surface area (Å²) in [4.78, 5) is 2.25. The van der Waals surface area contributed by atoms with Crippen LogP contribution in [-0.4, -0.2) is 33.4 Å². The number of nitrogens with zero attached hydrogens (tertiary/aromatic N) is 1. The lowest BCUT2D eigenvalue weighted by atomic mass is 10.1. The van der Waals surface area contributed by atoms with Gasteiger partial charge in [-0.1, -0.05) is 0 Å². The highest BCUT2D eigenvalue weighted by atomic mass is 16.6. The molecule has 0 unspecified atom stereocenters. The van der Waals surface area contributed by atoms with Gasteiger partial charge in [-0.2, -0.15) is 0 Å². The zero-order valence-electron chi connectivity index (χ0n) is 11.2. The molecule has 4 heteroatoms. The van der Waals surface area contributed by atoms with Gasteiger partial charge in [-0.15, -0.1) is 0 Å². The van der Waals surface area contributed by atoms with Crippen molar-refractivity contribution in [1.29, 1.82) is 0 Å². The number of hydrogen-bond donors (Lipinski definition) is 1. The van der Waals surface area contributed by atoms with Gasteiger partial charge in [-0.3, -0.25) is 0 Å². The molecule has 1 heterocycles. The van der Waals surface area contributed by atoms with E-state index in [2.05, 4.69) is 31.0 Å². The van der Waals surface area contributed by atoms with Crippen molar-refractivity contribution >= 4 is 5.69 Å². The van der Waals surface area contributed by atoms with Gasteiger partial charge in [-0.25, -0.2) is 0 Å². The summed E-state index contributed by atoms with van der Waals surface area (Å²) in [6, 6.07) is 4.13. The Balaban J connectivity index is 2.12. The molecule has 0 saturated heterocycles. The number of benzene rings is 1. The lowest BCUT2D eigenvalue weighted by Crippen LogP contribution is -2.21. The number of hydrogen-bond acceptors (Lipinski definition) is 4. The smallest absolute Gasteiger partial charge is 0.163 e. The third kappa shape index (κ3) is 2.88. The van der Waals surface area contributed by atoms with Crippen molar-refractivity contribution < 1.29 is 9.47 Å². The van der Waals surface area contributed by atoms with Crippen LogP contribution in [0.15, 0.2) is 12.1 Å². The number of aryl methyl sites for hydroxylation is 1. The van der Waals surface area contributed by atoms with Gasteiger partial charge in [0.25, 0.3) is 0 Å². The average molecular weight is 250 g/mol. The number of fused-ring (bicyclic) bond motifs is 1. The van der Waals surface area contributed by atoms with Crippen molar-refractivity contribution in [2.75, 3.05) is 38.3 Å². The highest BCUT2D eigenvalue weighted by Gasteiger charge is 2.15. The molecule has 0 amide bonds. The highest BCUT2D eigenvalue weighted by Crippen LogP contribution is 2.36. The first-order chi connectivity index (χ1) is 8.72. The topological polar surface area (TPSA) is 47.7 Å². The van der Waals surface area contributed by atoms with E-state index in [0.717, 1.165) is 37.4 Å². The molecule has 2 rings (SSSR count). The summed E-state index contributed by atoms with van der Waals surface area (Å²) in [5, 5.41) is 0. The van der Waals surface area contributed by atoms with E-state index in [1.54, 1.807) is 0 Å². The maximum absolute atomic E-state index is 5.62. The van der Waals surface area contributed by atoms with Gasteiger partial charge in [0.05, 0.1) is 0 Å². The van der Waals surface area contributed by atoms with Crippen molar-refractivity contribution in [3.63, 3.8) is 0 Å². The van der Waals surface area contributed by atoms with Crippen molar-refractivity contribution in [1.82, 2.24) is 0 Å². The second-order valence-corrected chi connectivity index (χ2v) is 4.70. The Morgan fingerprint density at radius 3 is 2.50 bits per heavy atom. The Morgan fingerprint density at radius 1 is 1.17 bits per heavy atom. The van der Waals surface area contributed by atoms with E-state index in [-0.39, 0.29) is 0 Å². The Labute approximate surface area is 109 Å². The second-order valence-electron chi connectivity index (χ2n) is 4.70. The molecule has 100 valence electrons. The minimum atomic E-state index is 0.631. The van der Waals surface area contributed by atoms with Crippen molar-refractivity contribution in [3.8, 4) is 11.5 Å². The average Bonchev–Trinajstić information content (AvgIpc) is 2.38. The molecule has 0 bridgehead atoms. The fraction of sp³-hybridized carbons (Fsp3) is 0.571. The molecule has 0 saturated carbocycles. The van der Waals surface area contributed by atoms with Crippen molar-refractivity contribution in [2.24, 2.45) is 5.73 Å². The SMILES string of the molecule is Cc1cc2c(cc1N(C)CCCCN)OCCO2. The predicted molar refractivity (Wildman–Crippen MR) is 73.7 cm³/mol. The minimum absolute atomic E-state index is 0.631. The molecule has 0 atom stereocenters. The molecule has 0 fully saturated rings. The third-order valence-electron chi connectivity index (χ3n) is 3.22. The van der Waals surface area contributed by atoms with Gasteiger partial charge in [0.2, 0.25) is 0 Å². The molecule has 0 aromatic heterocycles. The van der Waals surface area contributed by atoms with E-state index in [9.17, 15) is 0 Å². The summed E-state index contributed by atoms with van der Waals surface area (Å²) in [7, 11) is 2.11. The molecule has 0 radical (unpaired) electrons. The van der Waals surface area contributed by atoms with Gasteiger partial charge in [0.1, 0.15) is 13.2 Å². The molecule has 2 N–H and O–H groups in total. The van der Waals surface area contributed by atoms with Gasteiger partial charge in [-0.05, 0) is 37.9 Å². The van der Waals surface area contributed by atoms with E-state index in [1.807, 2.05) is 0 Å². The van der Waals surface area contributed by atoms with E-state index in [1.165, 1.54) is 11.3 Å². The number of rotatable bonds is 5. The number of unbranched alkanes of at least 4 members (excludes halogenated alkanes) is 1. The van der Waals surface area contributed by atoms with E-state index in [4.69, 9.17) is 15.2 Å².